The zero-order valence-corrected chi connectivity index (χ0v) is 17.8. The summed E-state index contributed by atoms with van der Waals surface area (Å²) in [5, 5.41) is 12.2. The first-order chi connectivity index (χ1) is 13.5. The highest BCUT2D eigenvalue weighted by molar-refractivity contribution is 7.10. The fourth-order valence-electron chi connectivity index (χ4n) is 2.98. The van der Waals surface area contributed by atoms with Crippen LogP contribution in [-0.2, 0) is 6.42 Å². The molecule has 3 rings (SSSR count). The van der Waals surface area contributed by atoms with Crippen LogP contribution >= 0.6 is 11.3 Å². The first kappa shape index (κ1) is 20.2. The third kappa shape index (κ3) is 5.06. The van der Waals surface area contributed by atoms with Crippen molar-refractivity contribution >= 4 is 23.4 Å². The number of aliphatic hydroxyl groups is 1. The Kier molecular flexibility index (Phi) is 6.60. The van der Waals surface area contributed by atoms with Crippen LogP contribution in [-0.4, -0.2) is 41.5 Å². The van der Waals surface area contributed by atoms with E-state index in [0.717, 1.165) is 33.9 Å². The van der Waals surface area contributed by atoms with Gasteiger partial charge in [-0.25, -0.2) is 9.98 Å². The van der Waals surface area contributed by atoms with Gasteiger partial charge >= 0.3 is 0 Å². The number of benzene rings is 2. The Morgan fingerprint density at radius 2 is 1.86 bits per heavy atom. The number of hydrogen-bond acceptors (Lipinski definition) is 4. The Morgan fingerprint density at radius 1 is 1.11 bits per heavy atom. The molecule has 1 heterocycles. The summed E-state index contributed by atoms with van der Waals surface area (Å²) >= 11 is 1.71. The first-order valence-corrected chi connectivity index (χ1v) is 10.3. The average Bonchev–Trinajstić information content (AvgIpc) is 3.12. The van der Waals surface area contributed by atoms with Gasteiger partial charge in [-0.3, -0.25) is 0 Å². The number of aliphatic imine (C=N–C) groups is 1. The van der Waals surface area contributed by atoms with Crippen molar-refractivity contribution in [2.24, 2.45) is 4.99 Å². The van der Waals surface area contributed by atoms with Gasteiger partial charge in [-0.2, -0.15) is 0 Å². The lowest BCUT2D eigenvalue weighted by Crippen LogP contribution is -2.19. The Labute approximate surface area is 171 Å². The number of likely N-dealkylation sites (N-methyl/N-ethyl adjacent to an activating group) is 1. The van der Waals surface area contributed by atoms with Crippen LogP contribution in [0.5, 0.6) is 0 Å². The van der Waals surface area contributed by atoms with Gasteiger partial charge in [0.05, 0.1) is 29.3 Å². The molecule has 1 N–H and O–H groups in total. The van der Waals surface area contributed by atoms with E-state index in [1.54, 1.807) is 17.7 Å². The second-order valence-electron chi connectivity index (χ2n) is 7.18. The topological polar surface area (TPSA) is 48.7 Å². The van der Waals surface area contributed by atoms with Crippen LogP contribution in [0, 0.1) is 20.8 Å². The third-order valence-electron chi connectivity index (χ3n) is 4.74. The molecule has 0 unspecified atom stereocenters. The van der Waals surface area contributed by atoms with Gasteiger partial charge in [-0.15, -0.1) is 11.3 Å². The maximum absolute atomic E-state index is 8.99. The SMILES string of the molecule is Cc1ccc(-c2csc(Cc3cc(C)c(N=CN(C)CCO)cc3C)n2)cc1. The molecule has 0 fully saturated rings. The average molecular weight is 394 g/mol. The highest BCUT2D eigenvalue weighted by Crippen LogP contribution is 2.28. The lowest BCUT2D eigenvalue weighted by Gasteiger charge is -2.12. The highest BCUT2D eigenvalue weighted by atomic mass is 32.1. The maximum atomic E-state index is 8.99. The molecular weight excluding hydrogens is 366 g/mol. The number of thiazole rings is 1. The van der Waals surface area contributed by atoms with Gasteiger partial charge in [0.2, 0.25) is 0 Å². The molecule has 0 aliphatic carbocycles. The summed E-state index contributed by atoms with van der Waals surface area (Å²) in [7, 11) is 1.91. The normalized spacial score (nSPS) is 11.3. The monoisotopic (exact) mass is 393 g/mol. The highest BCUT2D eigenvalue weighted by Gasteiger charge is 2.09. The van der Waals surface area contributed by atoms with E-state index in [0.29, 0.717) is 6.54 Å². The van der Waals surface area contributed by atoms with Crippen molar-refractivity contribution in [3.8, 4) is 11.3 Å². The molecule has 28 heavy (non-hydrogen) atoms. The standard InChI is InChI=1S/C23H27N3OS/c1-16-5-7-19(8-6-16)22-14-28-23(25-22)13-20-11-18(3)21(12-17(20)2)24-15-26(4)9-10-27/h5-8,11-12,14-15,27H,9-10,13H2,1-4H3. The number of aliphatic hydroxyl groups excluding tert-OH is 1. The zero-order chi connectivity index (χ0) is 20.1. The van der Waals surface area contributed by atoms with Crippen molar-refractivity contribution in [1.82, 2.24) is 9.88 Å². The number of rotatable bonds is 7. The summed E-state index contributed by atoms with van der Waals surface area (Å²) in [5.41, 5.74) is 8.07. The second kappa shape index (κ2) is 9.13. The lowest BCUT2D eigenvalue weighted by molar-refractivity contribution is 0.266. The predicted molar refractivity (Wildman–Crippen MR) is 119 cm³/mol. The largest absolute Gasteiger partial charge is 0.395 e. The fourth-order valence-corrected chi connectivity index (χ4v) is 3.80. The summed E-state index contributed by atoms with van der Waals surface area (Å²) in [6.45, 7) is 7.01. The van der Waals surface area contributed by atoms with E-state index >= 15 is 0 Å². The van der Waals surface area contributed by atoms with E-state index in [2.05, 4.69) is 67.5 Å². The van der Waals surface area contributed by atoms with Gasteiger partial charge in [-0.05, 0) is 43.5 Å². The molecule has 0 amide bonds. The minimum atomic E-state index is 0.123. The van der Waals surface area contributed by atoms with Gasteiger partial charge in [0, 0.05) is 31.0 Å². The van der Waals surface area contributed by atoms with Crippen molar-refractivity contribution in [3.05, 3.63) is 69.0 Å². The molecule has 3 aromatic rings. The molecule has 0 atom stereocenters. The number of aryl methyl sites for hydroxylation is 3. The van der Waals surface area contributed by atoms with Gasteiger partial charge in [-0.1, -0.05) is 35.9 Å². The number of nitrogens with zero attached hydrogens (tertiary/aromatic N) is 3. The molecule has 146 valence electrons. The third-order valence-corrected chi connectivity index (χ3v) is 5.59. The second-order valence-corrected chi connectivity index (χ2v) is 8.13. The van der Waals surface area contributed by atoms with E-state index in [1.807, 2.05) is 11.9 Å². The van der Waals surface area contributed by atoms with Crippen LogP contribution in [0.15, 0.2) is 46.8 Å². The first-order valence-electron chi connectivity index (χ1n) is 9.43. The summed E-state index contributed by atoms with van der Waals surface area (Å²) in [4.78, 5) is 11.3. The van der Waals surface area contributed by atoms with Crippen molar-refractivity contribution in [1.29, 1.82) is 0 Å². The van der Waals surface area contributed by atoms with Gasteiger partial charge in [0.15, 0.2) is 0 Å². The molecule has 1 aromatic heterocycles. The van der Waals surface area contributed by atoms with Gasteiger partial charge in [0.1, 0.15) is 0 Å². The van der Waals surface area contributed by atoms with E-state index in [9.17, 15) is 0 Å². The molecule has 0 aliphatic heterocycles. The molecule has 0 saturated carbocycles. The Hall–Kier alpha value is -2.50. The molecule has 2 aromatic carbocycles. The Bertz CT molecular complexity index is 960. The van der Waals surface area contributed by atoms with Crippen molar-refractivity contribution in [2.75, 3.05) is 20.2 Å². The molecular formula is C23H27N3OS. The molecule has 0 radical (unpaired) electrons. The van der Waals surface area contributed by atoms with Gasteiger partial charge in [0.25, 0.3) is 0 Å². The summed E-state index contributed by atoms with van der Waals surface area (Å²) < 4.78 is 0. The van der Waals surface area contributed by atoms with Gasteiger partial charge < -0.3 is 10.0 Å². The summed E-state index contributed by atoms with van der Waals surface area (Å²) in [6, 6.07) is 12.8. The molecule has 0 aliphatic rings. The van der Waals surface area contributed by atoms with Crippen molar-refractivity contribution in [3.63, 3.8) is 0 Å². The fraction of sp³-hybridized carbons (Fsp3) is 0.304. The predicted octanol–water partition coefficient (Wildman–Crippen LogP) is 4.91. The van der Waals surface area contributed by atoms with Crippen LogP contribution in [0.3, 0.4) is 0 Å². The molecule has 4 nitrogen and oxygen atoms in total. The van der Waals surface area contributed by atoms with Crippen molar-refractivity contribution in [2.45, 2.75) is 27.2 Å². The number of hydrogen-bond donors (Lipinski definition) is 1. The lowest BCUT2D eigenvalue weighted by atomic mass is 10.0. The maximum Gasteiger partial charge on any atom is 0.0976 e. The van der Waals surface area contributed by atoms with E-state index in [-0.39, 0.29) is 6.61 Å². The summed E-state index contributed by atoms with van der Waals surface area (Å²) in [6.07, 6.45) is 2.60. The number of aromatic nitrogens is 1. The zero-order valence-electron chi connectivity index (χ0n) is 16.9. The van der Waals surface area contributed by atoms with E-state index < -0.39 is 0 Å². The molecule has 5 heteroatoms. The van der Waals surface area contributed by atoms with Crippen LogP contribution in [0.2, 0.25) is 0 Å². The van der Waals surface area contributed by atoms with Crippen LogP contribution < -0.4 is 0 Å². The quantitative estimate of drug-likeness (QED) is 0.458. The minimum absolute atomic E-state index is 0.123. The van der Waals surface area contributed by atoms with E-state index in [1.165, 1.54) is 16.7 Å². The van der Waals surface area contributed by atoms with Crippen molar-refractivity contribution < 1.29 is 5.11 Å². The smallest absolute Gasteiger partial charge is 0.0976 e. The Balaban J connectivity index is 1.76. The summed E-state index contributed by atoms with van der Waals surface area (Å²) in [5.74, 6) is 0. The van der Waals surface area contributed by atoms with Crippen LogP contribution in [0.25, 0.3) is 11.3 Å². The molecule has 0 spiro atoms. The Morgan fingerprint density at radius 3 is 2.57 bits per heavy atom. The van der Waals surface area contributed by atoms with Crippen LogP contribution in [0.1, 0.15) is 27.3 Å². The minimum Gasteiger partial charge on any atom is -0.395 e. The van der Waals surface area contributed by atoms with Crippen LogP contribution in [0.4, 0.5) is 5.69 Å². The van der Waals surface area contributed by atoms with E-state index in [4.69, 9.17) is 10.1 Å². The molecule has 0 bridgehead atoms. The molecule has 0 saturated heterocycles.